The summed E-state index contributed by atoms with van der Waals surface area (Å²) in [6.45, 7) is 3.04. The molecule has 2 aliphatic rings. The number of amides is 1. The van der Waals surface area contributed by atoms with Crippen molar-refractivity contribution in [3.8, 4) is 5.75 Å². The highest BCUT2D eigenvalue weighted by atomic mass is 31.1. The summed E-state index contributed by atoms with van der Waals surface area (Å²) in [5, 5.41) is 28.5. The minimum absolute atomic E-state index is 0.0467. The zero-order valence-electron chi connectivity index (χ0n) is 16.1. The van der Waals surface area contributed by atoms with E-state index in [0.717, 1.165) is 0 Å². The summed E-state index contributed by atoms with van der Waals surface area (Å²) in [6, 6.07) is 5.65. The van der Waals surface area contributed by atoms with Crippen LogP contribution in [0.5, 0.6) is 5.75 Å². The number of carbonyl (C=O) groups is 3. The molecule has 10 nitrogen and oxygen atoms in total. The van der Waals surface area contributed by atoms with E-state index in [1.54, 1.807) is 24.3 Å². The highest BCUT2D eigenvalue weighted by Crippen LogP contribution is 2.21. The third-order valence-electron chi connectivity index (χ3n) is 3.92. The summed E-state index contributed by atoms with van der Waals surface area (Å²) >= 11 is 0. The first-order chi connectivity index (χ1) is 13.7. The molecule has 0 aliphatic carbocycles. The molecule has 0 spiro atoms. The monoisotopic (exact) mass is 441 g/mol. The molecule has 6 N–H and O–H groups in total. The summed E-state index contributed by atoms with van der Waals surface area (Å²) in [7, 11) is 0.382. The fourth-order valence-electron chi connectivity index (χ4n) is 2.36. The number of hydrogen-bond acceptors (Lipinski definition) is 6. The molecule has 3 atom stereocenters. The second-order valence-corrected chi connectivity index (χ2v) is 9.48. The minimum Gasteiger partial charge on any atom is -0.480 e. The van der Waals surface area contributed by atoms with Crippen molar-refractivity contribution < 1.29 is 24.2 Å². The van der Waals surface area contributed by atoms with Gasteiger partial charge in [0.25, 0.3) is 0 Å². The summed E-state index contributed by atoms with van der Waals surface area (Å²) in [5.74, 6) is -1.05. The Morgan fingerprint density at radius 2 is 1.93 bits per heavy atom. The smallest absolute Gasteiger partial charge is 0.336 e. The van der Waals surface area contributed by atoms with Crippen molar-refractivity contribution in [3.05, 3.63) is 24.3 Å². The van der Waals surface area contributed by atoms with Crippen LogP contribution in [0, 0.1) is 5.41 Å². The van der Waals surface area contributed by atoms with Crippen LogP contribution in [0.2, 0.25) is 0 Å². The highest BCUT2D eigenvalue weighted by molar-refractivity contribution is 7.54. The van der Waals surface area contributed by atoms with Gasteiger partial charge in [-0.15, -0.1) is 0 Å². The van der Waals surface area contributed by atoms with Gasteiger partial charge < -0.3 is 25.6 Å². The Morgan fingerprint density at radius 1 is 1.24 bits per heavy atom. The Bertz CT molecular complexity index is 772. The van der Waals surface area contributed by atoms with Crippen molar-refractivity contribution in [1.82, 2.24) is 15.5 Å². The third-order valence-corrected chi connectivity index (χ3v) is 6.31. The van der Waals surface area contributed by atoms with Gasteiger partial charge in [-0.05, 0) is 62.0 Å². The van der Waals surface area contributed by atoms with Crippen LogP contribution in [0.1, 0.15) is 26.7 Å². The summed E-state index contributed by atoms with van der Waals surface area (Å²) < 4.78 is 5.33. The minimum atomic E-state index is -1.28. The third kappa shape index (κ3) is 7.57. The second-order valence-electron chi connectivity index (χ2n) is 6.82. The van der Waals surface area contributed by atoms with E-state index in [9.17, 15) is 19.5 Å². The van der Waals surface area contributed by atoms with Gasteiger partial charge >= 0.3 is 11.9 Å². The molecule has 0 fully saturated rings. The lowest BCUT2D eigenvalue weighted by molar-refractivity contribution is -0.144. The van der Waals surface area contributed by atoms with Crippen molar-refractivity contribution in [2.75, 3.05) is 11.2 Å². The number of aliphatic carboxylic acids is 1. The number of ether oxygens (including phenoxy) is 1. The van der Waals surface area contributed by atoms with Crippen LogP contribution in [0.4, 0.5) is 5.69 Å². The summed E-state index contributed by atoms with van der Waals surface area (Å²) in [4.78, 5) is 36.1. The van der Waals surface area contributed by atoms with Gasteiger partial charge in [-0.25, -0.2) is 4.79 Å². The molecule has 2 heterocycles. The number of hydrogen-bond donors (Lipinski definition) is 6. The molecule has 0 saturated carbocycles. The Labute approximate surface area is 172 Å². The number of fused-ring (bicyclic) bond motifs is 16. The van der Waals surface area contributed by atoms with E-state index >= 15 is 0 Å². The van der Waals surface area contributed by atoms with E-state index < -0.39 is 29.4 Å². The number of carbonyl (C=O) groups excluding carboxylic acids is 2. The first kappa shape index (κ1) is 23.0. The molecule has 12 heteroatoms. The van der Waals surface area contributed by atoms with Crippen molar-refractivity contribution in [2.24, 2.45) is 0 Å². The van der Waals surface area contributed by atoms with Crippen LogP contribution in [-0.2, 0) is 14.4 Å². The Kier molecular flexibility index (Phi) is 8.32. The molecular formula is C17H25N5O5P2. The first-order valence-corrected chi connectivity index (χ1v) is 11.3. The van der Waals surface area contributed by atoms with Crippen LogP contribution in [0.25, 0.3) is 0 Å². The normalized spacial score (nSPS) is 23.1. The Balaban J connectivity index is 2.13. The van der Waals surface area contributed by atoms with Gasteiger partial charge in [0.2, 0.25) is 5.91 Å². The number of esters is 1. The molecule has 1 aromatic rings. The number of carboxylic acids is 1. The van der Waals surface area contributed by atoms with Gasteiger partial charge in [0, 0.05) is 18.0 Å². The molecule has 0 aromatic heterocycles. The van der Waals surface area contributed by atoms with E-state index in [2.05, 4.69) is 20.8 Å². The molecule has 0 saturated heterocycles. The highest BCUT2D eigenvalue weighted by Gasteiger charge is 2.32. The quantitative estimate of drug-likeness (QED) is 0.217. The number of carboxylic acid groups (broad SMARTS) is 1. The van der Waals surface area contributed by atoms with E-state index in [0.29, 0.717) is 17.3 Å². The number of benzene rings is 1. The lowest BCUT2D eigenvalue weighted by Crippen LogP contribution is -2.52. The SMILES string of the molecule is CC1(C)NC(=O)CCC(C(=O)O)NPCPNC(=N)Nc2ccc(cc2)OC1=O. The Hall–Kier alpha value is -2.28. The fourth-order valence-corrected chi connectivity index (χ4v) is 4.23. The van der Waals surface area contributed by atoms with E-state index in [1.165, 1.54) is 13.8 Å². The van der Waals surface area contributed by atoms with Crippen LogP contribution < -0.4 is 25.5 Å². The molecule has 2 aliphatic heterocycles. The van der Waals surface area contributed by atoms with Gasteiger partial charge in [-0.2, -0.15) is 0 Å². The topological polar surface area (TPSA) is 153 Å². The lowest BCUT2D eigenvalue weighted by atomic mass is 10.0. The van der Waals surface area contributed by atoms with Crippen molar-refractivity contribution >= 4 is 47.0 Å². The maximum absolute atomic E-state index is 12.4. The fraction of sp³-hybridized carbons (Fsp3) is 0.412. The van der Waals surface area contributed by atoms with Crippen LogP contribution in [0.3, 0.4) is 0 Å². The molecule has 158 valence electrons. The van der Waals surface area contributed by atoms with Crippen molar-refractivity contribution in [2.45, 2.75) is 38.3 Å². The molecule has 2 bridgehead atoms. The van der Waals surface area contributed by atoms with Gasteiger partial charge in [0.05, 0.1) is 0 Å². The van der Waals surface area contributed by atoms with E-state index in [-0.39, 0.29) is 36.3 Å². The summed E-state index contributed by atoms with van der Waals surface area (Å²) in [5.41, 5.74) is -0.637. The molecule has 0 radical (unpaired) electrons. The zero-order chi connectivity index (χ0) is 21.4. The number of rotatable bonds is 1. The largest absolute Gasteiger partial charge is 0.480 e. The van der Waals surface area contributed by atoms with Gasteiger partial charge in [0.1, 0.15) is 17.3 Å². The molecule has 3 rings (SSSR count). The zero-order valence-corrected chi connectivity index (χ0v) is 18.1. The standard InChI is InChI=1S/C17H25N5O5P2/c1-17(2)15(26)27-11-5-3-10(4-6-11)19-16(18)22-29-9-28-21-12(14(24)25)7-8-13(23)20-17/h3-6,12,21,28-29H,7-9H2,1-2H3,(H,20,23)(H,24,25)(H3,18,19,22). The van der Waals surface area contributed by atoms with Crippen molar-refractivity contribution in [3.63, 3.8) is 0 Å². The van der Waals surface area contributed by atoms with Crippen LogP contribution in [0.15, 0.2) is 24.3 Å². The molecule has 1 aromatic carbocycles. The predicted octanol–water partition coefficient (Wildman–Crippen LogP) is 1.40. The maximum atomic E-state index is 12.4. The van der Waals surface area contributed by atoms with Crippen LogP contribution >= 0.6 is 17.5 Å². The van der Waals surface area contributed by atoms with E-state index in [1.807, 2.05) is 0 Å². The number of anilines is 1. The molecular weight excluding hydrogens is 416 g/mol. The van der Waals surface area contributed by atoms with Crippen molar-refractivity contribution in [1.29, 1.82) is 5.41 Å². The maximum Gasteiger partial charge on any atom is 0.336 e. The lowest BCUT2D eigenvalue weighted by Gasteiger charge is -2.24. The molecule has 3 unspecified atom stereocenters. The van der Waals surface area contributed by atoms with E-state index in [4.69, 9.17) is 10.1 Å². The predicted molar refractivity (Wildman–Crippen MR) is 114 cm³/mol. The van der Waals surface area contributed by atoms with Gasteiger partial charge in [0.15, 0.2) is 5.96 Å². The molecule has 1 amide bonds. The number of nitrogens with one attached hydrogen (secondary N) is 5. The first-order valence-electron chi connectivity index (χ1n) is 8.86. The van der Waals surface area contributed by atoms with Gasteiger partial charge in [-0.3, -0.25) is 20.1 Å². The second kappa shape index (κ2) is 10.5. The summed E-state index contributed by atoms with van der Waals surface area (Å²) in [6.07, 6.45) is 0.0450. The molecule has 29 heavy (non-hydrogen) atoms. The average molecular weight is 441 g/mol. The van der Waals surface area contributed by atoms with Gasteiger partial charge in [-0.1, -0.05) is 0 Å². The van der Waals surface area contributed by atoms with Crippen LogP contribution in [-0.4, -0.2) is 46.4 Å². The average Bonchev–Trinajstić information content (AvgIpc) is 2.64. The number of guanidine groups is 1. The Morgan fingerprint density at radius 3 is 2.59 bits per heavy atom.